The highest BCUT2D eigenvalue weighted by molar-refractivity contribution is 7.90. The molecule has 0 unspecified atom stereocenters. The molecule has 2 N–H and O–H groups in total. The molecule has 0 spiro atoms. The van der Waals surface area contributed by atoms with Gasteiger partial charge in [0, 0.05) is 37.2 Å². The number of hydrogen-bond donors (Lipinski definition) is 2. The largest absolute Gasteiger partial charge is 0.381 e. The average Bonchev–Trinajstić information content (AvgIpc) is 3.56. The Balaban J connectivity index is 1.22. The Morgan fingerprint density at radius 2 is 1.80 bits per heavy atom. The number of pyridine rings is 1. The third-order valence-corrected chi connectivity index (χ3v) is 9.85. The summed E-state index contributed by atoms with van der Waals surface area (Å²) in [5.41, 5.74) is 2.23. The Labute approximate surface area is 260 Å². The molecular weight excluding hydrogens is 602 g/mol. The van der Waals surface area contributed by atoms with Crippen molar-refractivity contribution < 1.29 is 17.2 Å². The Morgan fingerprint density at radius 3 is 2.51 bits per heavy atom. The molecule has 0 bridgehead atoms. The van der Waals surface area contributed by atoms with Crippen molar-refractivity contribution in [3.63, 3.8) is 0 Å². The number of nitrogens with one attached hydrogen (secondary N) is 2. The summed E-state index contributed by atoms with van der Waals surface area (Å²) in [6.07, 6.45) is 14.1. The van der Waals surface area contributed by atoms with Crippen LogP contribution in [0.5, 0.6) is 0 Å². The summed E-state index contributed by atoms with van der Waals surface area (Å²) < 4.78 is 52.6. The van der Waals surface area contributed by atoms with Crippen LogP contribution in [0.1, 0.15) is 56.2 Å². The number of halogens is 2. The van der Waals surface area contributed by atoms with Gasteiger partial charge in [-0.1, -0.05) is 11.8 Å². The monoisotopic (exact) mass is 636 g/mol. The van der Waals surface area contributed by atoms with Crippen LogP contribution in [0.25, 0.3) is 11.4 Å². The molecule has 4 aromatic rings. The van der Waals surface area contributed by atoms with Crippen LogP contribution in [-0.4, -0.2) is 79.2 Å². The molecule has 236 valence electrons. The zero-order valence-corrected chi connectivity index (χ0v) is 25.8. The second kappa shape index (κ2) is 12.9. The van der Waals surface area contributed by atoms with E-state index < -0.39 is 16.6 Å². The SMILES string of the molecule is CN(C)CC1CCC(Nc2cc(Nc3ccnc(-c4cnn(S(=O)(=O)C5CC5)c4)n3)ncc2C#Cc2cnn(C(F)F)c2)CC1. The molecule has 2 saturated carbocycles. The Kier molecular flexibility index (Phi) is 8.77. The van der Waals surface area contributed by atoms with Crippen LogP contribution in [0.2, 0.25) is 0 Å². The van der Waals surface area contributed by atoms with E-state index >= 15 is 0 Å². The molecule has 2 fully saturated rings. The van der Waals surface area contributed by atoms with Crippen molar-refractivity contribution in [2.45, 2.75) is 56.4 Å². The van der Waals surface area contributed by atoms with Gasteiger partial charge in [-0.3, -0.25) is 0 Å². The molecule has 0 aromatic carbocycles. The lowest BCUT2D eigenvalue weighted by molar-refractivity contribution is 0.0566. The molecule has 0 amide bonds. The number of alkyl halides is 2. The summed E-state index contributed by atoms with van der Waals surface area (Å²) in [6.45, 7) is -1.67. The van der Waals surface area contributed by atoms with Crippen molar-refractivity contribution in [3.05, 3.63) is 60.4 Å². The van der Waals surface area contributed by atoms with Crippen LogP contribution in [0.3, 0.4) is 0 Å². The maximum atomic E-state index is 13.0. The Hall–Kier alpha value is -4.42. The van der Waals surface area contributed by atoms with Crippen molar-refractivity contribution >= 4 is 27.3 Å². The van der Waals surface area contributed by atoms with E-state index in [2.05, 4.69) is 66.6 Å². The molecule has 0 aliphatic heterocycles. The average molecular weight is 637 g/mol. The second-order valence-electron chi connectivity index (χ2n) is 11.7. The Bertz CT molecular complexity index is 1820. The topological polar surface area (TPSA) is 136 Å². The quantitative estimate of drug-likeness (QED) is 0.242. The van der Waals surface area contributed by atoms with Gasteiger partial charge in [0.05, 0.1) is 46.2 Å². The smallest absolute Gasteiger partial charge is 0.333 e. The van der Waals surface area contributed by atoms with Gasteiger partial charge in [0.15, 0.2) is 5.82 Å². The lowest BCUT2D eigenvalue weighted by atomic mass is 9.85. The van der Waals surface area contributed by atoms with Gasteiger partial charge in [-0.05, 0) is 64.6 Å². The second-order valence-corrected chi connectivity index (χ2v) is 13.8. The van der Waals surface area contributed by atoms with Crippen LogP contribution in [0.15, 0.2) is 49.3 Å². The van der Waals surface area contributed by atoms with Gasteiger partial charge in [-0.15, -0.1) is 0 Å². The molecule has 4 heterocycles. The first-order valence-corrected chi connectivity index (χ1v) is 16.3. The summed E-state index contributed by atoms with van der Waals surface area (Å²) in [4.78, 5) is 15.6. The van der Waals surface area contributed by atoms with Crippen LogP contribution in [-0.2, 0) is 10.0 Å². The van der Waals surface area contributed by atoms with E-state index in [0.29, 0.717) is 57.6 Å². The highest BCUT2D eigenvalue weighted by Gasteiger charge is 2.37. The maximum absolute atomic E-state index is 13.0. The number of aromatic nitrogens is 7. The molecule has 0 saturated heterocycles. The van der Waals surface area contributed by atoms with E-state index in [9.17, 15) is 17.2 Å². The summed E-state index contributed by atoms with van der Waals surface area (Å²) >= 11 is 0. The molecule has 0 atom stereocenters. The molecule has 12 nitrogen and oxygen atoms in total. The third-order valence-electron chi connectivity index (χ3n) is 7.81. The zero-order chi connectivity index (χ0) is 31.6. The van der Waals surface area contributed by atoms with Gasteiger partial charge in [0.25, 0.3) is 10.0 Å². The van der Waals surface area contributed by atoms with Gasteiger partial charge < -0.3 is 15.5 Å². The molecule has 2 aliphatic carbocycles. The van der Waals surface area contributed by atoms with E-state index in [4.69, 9.17) is 0 Å². The standard InChI is InChI=1S/C30H34F2N10O2S/c1-40(2)17-20-4-7-24(8-5-20)37-26-13-28(34-15-22(26)6-3-21-14-35-41(18-21)30(31)32)38-27-11-12-33-29(39-27)23-16-36-42(19-23)45(43,44)25-9-10-25/h11-16,18-20,24-25,30H,4-5,7-10,17H2,1-2H3,(H2,33,34,37,38,39). The fourth-order valence-corrected chi connectivity index (χ4v) is 6.87. The van der Waals surface area contributed by atoms with Gasteiger partial charge in [-0.25, -0.2) is 28.1 Å². The molecule has 0 radical (unpaired) electrons. The van der Waals surface area contributed by atoms with E-state index in [-0.39, 0.29) is 11.3 Å². The number of anilines is 3. The van der Waals surface area contributed by atoms with Crippen molar-refractivity contribution in [2.24, 2.45) is 5.92 Å². The van der Waals surface area contributed by atoms with Crippen LogP contribution < -0.4 is 10.6 Å². The molecule has 15 heteroatoms. The summed E-state index contributed by atoms with van der Waals surface area (Å²) in [5.74, 6) is 7.92. The third kappa shape index (κ3) is 7.46. The minimum absolute atomic E-state index is 0.245. The highest BCUT2D eigenvalue weighted by atomic mass is 32.2. The number of hydrogen-bond acceptors (Lipinski definition) is 10. The van der Waals surface area contributed by atoms with E-state index in [0.717, 1.165) is 42.0 Å². The van der Waals surface area contributed by atoms with Gasteiger partial charge in [-0.2, -0.15) is 23.1 Å². The van der Waals surface area contributed by atoms with Gasteiger partial charge in [0.2, 0.25) is 0 Å². The minimum Gasteiger partial charge on any atom is -0.381 e. The Morgan fingerprint density at radius 1 is 1.00 bits per heavy atom. The maximum Gasteiger partial charge on any atom is 0.333 e. The number of nitrogens with zero attached hydrogens (tertiary/aromatic N) is 8. The zero-order valence-electron chi connectivity index (χ0n) is 24.9. The first-order chi connectivity index (χ1) is 21.6. The lowest BCUT2D eigenvalue weighted by Crippen LogP contribution is -2.31. The van der Waals surface area contributed by atoms with Crippen molar-refractivity contribution in [1.29, 1.82) is 0 Å². The van der Waals surface area contributed by atoms with E-state index in [1.54, 1.807) is 18.5 Å². The van der Waals surface area contributed by atoms with Crippen molar-refractivity contribution in [2.75, 3.05) is 31.3 Å². The first kappa shape index (κ1) is 30.6. The molecule has 4 aromatic heterocycles. The van der Waals surface area contributed by atoms with Crippen LogP contribution >= 0.6 is 0 Å². The normalized spacial score (nSPS) is 18.5. The van der Waals surface area contributed by atoms with Gasteiger partial charge in [0.1, 0.15) is 11.6 Å². The van der Waals surface area contributed by atoms with Crippen molar-refractivity contribution in [3.8, 4) is 23.2 Å². The summed E-state index contributed by atoms with van der Waals surface area (Å²) in [7, 11) is 0.692. The molecular formula is C30H34F2N10O2S. The van der Waals surface area contributed by atoms with Crippen LogP contribution in [0, 0.1) is 17.8 Å². The summed E-state index contributed by atoms with van der Waals surface area (Å²) in [6, 6.07) is 3.78. The van der Waals surface area contributed by atoms with E-state index in [1.165, 1.54) is 24.8 Å². The van der Waals surface area contributed by atoms with E-state index in [1.807, 2.05) is 6.07 Å². The number of rotatable bonds is 10. The van der Waals surface area contributed by atoms with Crippen molar-refractivity contribution in [1.82, 2.24) is 38.8 Å². The summed E-state index contributed by atoms with van der Waals surface area (Å²) in [5, 5.41) is 14.2. The van der Waals surface area contributed by atoms with Crippen LogP contribution in [0.4, 0.5) is 26.1 Å². The predicted octanol–water partition coefficient (Wildman–Crippen LogP) is 4.34. The van der Waals surface area contributed by atoms with Gasteiger partial charge >= 0.3 is 6.55 Å². The minimum atomic E-state index is -3.50. The predicted molar refractivity (Wildman–Crippen MR) is 165 cm³/mol. The molecule has 6 rings (SSSR count). The first-order valence-electron chi connectivity index (χ1n) is 14.8. The fourth-order valence-electron chi connectivity index (χ4n) is 5.39. The lowest BCUT2D eigenvalue weighted by Gasteiger charge is -2.31. The fraction of sp³-hybridized carbons (Fsp3) is 0.433. The molecule has 2 aliphatic rings. The molecule has 45 heavy (non-hydrogen) atoms. The highest BCUT2D eigenvalue weighted by Crippen LogP contribution is 2.31.